The molecule has 0 spiro atoms. The molecule has 3 aromatic heterocycles. The molecule has 0 aliphatic carbocycles. The Morgan fingerprint density at radius 3 is 2.76 bits per heavy atom. The standard InChI is InChI=1S/C17H12ClN3O2S2/c1-9-8-21-16(23)14(22)13(20-17(21)24-9)15-19-7-12(25-15)6-10-2-4-11(18)5-3-10/h2-5,7-8,22H,6H2,1H3. The topological polar surface area (TPSA) is 67.5 Å². The smallest absolute Gasteiger partial charge is 0.301 e. The number of nitrogens with zero attached hydrogens (tertiary/aromatic N) is 3. The maximum Gasteiger partial charge on any atom is 0.301 e. The van der Waals surface area contributed by atoms with Gasteiger partial charge in [-0.1, -0.05) is 23.7 Å². The summed E-state index contributed by atoms with van der Waals surface area (Å²) in [6.07, 6.45) is 4.12. The van der Waals surface area contributed by atoms with Crippen LogP contribution in [0.4, 0.5) is 0 Å². The van der Waals surface area contributed by atoms with Gasteiger partial charge in [-0.15, -0.1) is 22.7 Å². The molecular formula is C17H12ClN3O2S2. The Morgan fingerprint density at radius 1 is 1.24 bits per heavy atom. The molecule has 0 radical (unpaired) electrons. The molecule has 0 unspecified atom stereocenters. The summed E-state index contributed by atoms with van der Waals surface area (Å²) in [5, 5.41) is 11.5. The first-order valence-electron chi connectivity index (χ1n) is 7.42. The van der Waals surface area contributed by atoms with Crippen molar-refractivity contribution in [3.05, 3.63) is 67.4 Å². The van der Waals surface area contributed by atoms with Crippen LogP contribution in [0.15, 0.2) is 41.5 Å². The SMILES string of the molecule is Cc1cn2c(=O)c(O)c(-c3ncc(Cc4ccc(Cl)cc4)s3)nc2s1. The van der Waals surface area contributed by atoms with Gasteiger partial charge in [-0.05, 0) is 24.6 Å². The third-order valence-corrected chi connectivity index (χ3v) is 5.82. The average molecular weight is 390 g/mol. The Bertz CT molecular complexity index is 1130. The van der Waals surface area contributed by atoms with Crippen molar-refractivity contribution in [2.24, 2.45) is 0 Å². The summed E-state index contributed by atoms with van der Waals surface area (Å²) < 4.78 is 1.36. The van der Waals surface area contributed by atoms with Crippen LogP contribution in [-0.2, 0) is 6.42 Å². The number of hydrogen-bond acceptors (Lipinski definition) is 6. The summed E-state index contributed by atoms with van der Waals surface area (Å²) >= 11 is 8.72. The van der Waals surface area contributed by atoms with Crippen molar-refractivity contribution < 1.29 is 5.11 Å². The number of thiazole rings is 2. The molecule has 0 aliphatic heterocycles. The molecule has 3 heterocycles. The Morgan fingerprint density at radius 2 is 2.00 bits per heavy atom. The van der Waals surface area contributed by atoms with Crippen LogP contribution >= 0.6 is 34.3 Å². The lowest BCUT2D eigenvalue weighted by Crippen LogP contribution is -2.13. The second kappa shape index (κ2) is 6.25. The van der Waals surface area contributed by atoms with Gasteiger partial charge in [0.15, 0.2) is 4.96 Å². The zero-order valence-electron chi connectivity index (χ0n) is 13.1. The monoisotopic (exact) mass is 389 g/mol. The largest absolute Gasteiger partial charge is 0.501 e. The lowest BCUT2D eigenvalue weighted by Gasteiger charge is -2.00. The number of hydrogen-bond donors (Lipinski definition) is 1. The Hall–Kier alpha value is -2.22. The van der Waals surface area contributed by atoms with Crippen LogP contribution in [-0.4, -0.2) is 19.5 Å². The van der Waals surface area contributed by atoms with Gasteiger partial charge in [0, 0.05) is 33.6 Å². The van der Waals surface area contributed by atoms with Gasteiger partial charge < -0.3 is 5.11 Å². The molecule has 5 nitrogen and oxygen atoms in total. The highest BCUT2D eigenvalue weighted by Crippen LogP contribution is 2.31. The third-order valence-electron chi connectivity index (χ3n) is 3.67. The van der Waals surface area contributed by atoms with Gasteiger partial charge in [0.1, 0.15) is 10.7 Å². The van der Waals surface area contributed by atoms with E-state index in [4.69, 9.17) is 11.6 Å². The van der Waals surface area contributed by atoms with E-state index in [1.165, 1.54) is 27.1 Å². The number of aryl methyl sites for hydroxylation is 1. The van der Waals surface area contributed by atoms with Gasteiger partial charge >= 0.3 is 5.56 Å². The van der Waals surface area contributed by atoms with Crippen molar-refractivity contribution in [3.8, 4) is 16.5 Å². The van der Waals surface area contributed by atoms with E-state index in [2.05, 4.69) is 9.97 Å². The van der Waals surface area contributed by atoms with Crippen LogP contribution in [0.3, 0.4) is 0 Å². The molecule has 4 rings (SSSR count). The van der Waals surface area contributed by atoms with Crippen molar-refractivity contribution in [3.63, 3.8) is 0 Å². The second-order valence-electron chi connectivity index (χ2n) is 5.54. The van der Waals surface area contributed by atoms with E-state index in [-0.39, 0.29) is 11.4 Å². The van der Waals surface area contributed by atoms with Crippen LogP contribution in [0.2, 0.25) is 5.02 Å². The molecule has 0 saturated heterocycles. The van der Waals surface area contributed by atoms with Gasteiger partial charge in [0.05, 0.1) is 0 Å². The highest BCUT2D eigenvalue weighted by molar-refractivity contribution is 7.17. The fourth-order valence-corrected chi connectivity index (χ4v) is 4.37. The van der Waals surface area contributed by atoms with E-state index in [1.54, 1.807) is 12.4 Å². The average Bonchev–Trinajstić information content (AvgIpc) is 3.19. The fraction of sp³-hybridized carbons (Fsp3) is 0.118. The first-order chi connectivity index (χ1) is 12.0. The van der Waals surface area contributed by atoms with Crippen molar-refractivity contribution in [2.45, 2.75) is 13.3 Å². The minimum atomic E-state index is -0.473. The van der Waals surface area contributed by atoms with Crippen LogP contribution < -0.4 is 5.56 Å². The number of halogens is 1. The molecule has 0 amide bonds. The molecule has 0 aliphatic rings. The predicted molar refractivity (Wildman–Crippen MR) is 101 cm³/mol. The minimum Gasteiger partial charge on any atom is -0.501 e. The Kier molecular flexibility index (Phi) is 4.07. The number of fused-ring (bicyclic) bond motifs is 1. The quantitative estimate of drug-likeness (QED) is 0.571. The molecule has 0 bridgehead atoms. The van der Waals surface area contributed by atoms with Gasteiger partial charge in [0.2, 0.25) is 5.75 Å². The van der Waals surface area contributed by atoms with Gasteiger partial charge in [0.25, 0.3) is 0 Å². The molecule has 0 saturated carbocycles. The minimum absolute atomic E-state index is 0.235. The third kappa shape index (κ3) is 3.06. The van der Waals surface area contributed by atoms with E-state index in [0.29, 0.717) is 21.4 Å². The molecule has 1 aromatic carbocycles. The maximum atomic E-state index is 12.3. The van der Waals surface area contributed by atoms with E-state index < -0.39 is 5.56 Å². The summed E-state index contributed by atoms with van der Waals surface area (Å²) in [5.41, 5.74) is 0.874. The zero-order chi connectivity index (χ0) is 17.6. The lowest BCUT2D eigenvalue weighted by atomic mass is 10.1. The summed E-state index contributed by atoms with van der Waals surface area (Å²) in [6, 6.07) is 7.62. The maximum absolute atomic E-state index is 12.3. The van der Waals surface area contributed by atoms with Crippen molar-refractivity contribution in [1.82, 2.24) is 14.4 Å². The van der Waals surface area contributed by atoms with Crippen molar-refractivity contribution in [2.75, 3.05) is 0 Å². The van der Waals surface area contributed by atoms with Gasteiger partial charge in [-0.2, -0.15) is 0 Å². The van der Waals surface area contributed by atoms with E-state index in [1.807, 2.05) is 31.2 Å². The van der Waals surface area contributed by atoms with E-state index >= 15 is 0 Å². The number of benzene rings is 1. The molecule has 0 fully saturated rings. The zero-order valence-corrected chi connectivity index (χ0v) is 15.5. The summed E-state index contributed by atoms with van der Waals surface area (Å²) in [7, 11) is 0. The van der Waals surface area contributed by atoms with Crippen LogP contribution in [0.1, 0.15) is 15.3 Å². The molecule has 25 heavy (non-hydrogen) atoms. The van der Waals surface area contributed by atoms with Gasteiger partial charge in [-0.3, -0.25) is 9.20 Å². The molecule has 0 atom stereocenters. The highest BCUT2D eigenvalue weighted by atomic mass is 35.5. The fourth-order valence-electron chi connectivity index (χ4n) is 2.49. The van der Waals surface area contributed by atoms with E-state index in [9.17, 15) is 9.90 Å². The molecule has 8 heteroatoms. The summed E-state index contributed by atoms with van der Waals surface area (Å²) in [4.78, 5) is 23.6. The number of rotatable bonds is 3. The first-order valence-corrected chi connectivity index (χ1v) is 9.43. The predicted octanol–water partition coefficient (Wildman–Crippen LogP) is 4.14. The number of aromatic nitrogens is 3. The summed E-state index contributed by atoms with van der Waals surface area (Å²) in [6.45, 7) is 1.89. The first kappa shape index (κ1) is 16.3. The normalized spacial score (nSPS) is 11.3. The van der Waals surface area contributed by atoms with Gasteiger partial charge in [-0.25, -0.2) is 9.97 Å². The van der Waals surface area contributed by atoms with Crippen molar-refractivity contribution >= 4 is 39.2 Å². The Labute approximate surface area is 155 Å². The number of aromatic hydroxyl groups is 1. The van der Waals surface area contributed by atoms with Crippen molar-refractivity contribution in [1.29, 1.82) is 0 Å². The van der Waals surface area contributed by atoms with Crippen LogP contribution in [0, 0.1) is 6.92 Å². The molecule has 1 N–H and O–H groups in total. The molecule has 4 aromatic rings. The summed E-state index contributed by atoms with van der Waals surface area (Å²) in [5.74, 6) is -0.373. The van der Waals surface area contributed by atoms with E-state index in [0.717, 1.165) is 15.3 Å². The van der Waals surface area contributed by atoms with Crippen LogP contribution in [0.25, 0.3) is 15.7 Å². The lowest BCUT2D eigenvalue weighted by molar-refractivity contribution is 0.465. The molecule has 126 valence electrons. The van der Waals surface area contributed by atoms with Crippen LogP contribution in [0.5, 0.6) is 5.75 Å². The highest BCUT2D eigenvalue weighted by Gasteiger charge is 2.18. The Balaban J connectivity index is 1.72. The molecular weight excluding hydrogens is 378 g/mol. The second-order valence-corrected chi connectivity index (χ2v) is 8.31.